The third-order valence-corrected chi connectivity index (χ3v) is 3.72. The van der Waals surface area contributed by atoms with Gasteiger partial charge in [0, 0.05) is 12.6 Å². The largest absolute Gasteiger partial charge is 0.416 e. The number of aliphatic hydroxyl groups excluding tert-OH is 1. The Hall–Kier alpha value is -1.76. The van der Waals surface area contributed by atoms with Crippen molar-refractivity contribution in [1.29, 1.82) is 0 Å². The SMILES string of the molecule is CC(CCCO)NC(=O)NC(c1ccc(C(F)(F)F)cc1)C(C)C. The fourth-order valence-corrected chi connectivity index (χ4v) is 2.39. The van der Waals surface area contributed by atoms with E-state index in [1.807, 2.05) is 20.8 Å². The van der Waals surface area contributed by atoms with Crippen LogP contribution in [0.2, 0.25) is 0 Å². The molecule has 24 heavy (non-hydrogen) atoms. The van der Waals surface area contributed by atoms with Crippen LogP contribution in [0.25, 0.3) is 0 Å². The number of amides is 2. The van der Waals surface area contributed by atoms with Gasteiger partial charge >= 0.3 is 12.2 Å². The van der Waals surface area contributed by atoms with Crippen LogP contribution in [0.5, 0.6) is 0 Å². The summed E-state index contributed by atoms with van der Waals surface area (Å²) >= 11 is 0. The molecule has 1 aromatic carbocycles. The molecule has 3 N–H and O–H groups in total. The number of carbonyl (C=O) groups is 1. The highest BCUT2D eigenvalue weighted by Gasteiger charge is 2.30. The zero-order valence-electron chi connectivity index (χ0n) is 14.2. The standard InChI is InChI=1S/C17H25F3N2O2/c1-11(2)15(22-16(24)21-12(3)5-4-10-23)13-6-8-14(9-7-13)17(18,19)20/h6-9,11-12,15,23H,4-5,10H2,1-3H3,(H2,21,22,24). The molecule has 0 saturated heterocycles. The Morgan fingerprint density at radius 2 is 1.71 bits per heavy atom. The van der Waals surface area contributed by atoms with Crippen molar-refractivity contribution in [1.82, 2.24) is 10.6 Å². The molecular weight excluding hydrogens is 321 g/mol. The molecule has 0 aliphatic carbocycles. The maximum absolute atomic E-state index is 12.6. The second-order valence-electron chi connectivity index (χ2n) is 6.23. The van der Waals surface area contributed by atoms with E-state index in [9.17, 15) is 18.0 Å². The number of hydrogen-bond donors (Lipinski definition) is 3. The van der Waals surface area contributed by atoms with E-state index in [0.717, 1.165) is 12.1 Å². The van der Waals surface area contributed by atoms with Crippen LogP contribution in [0.4, 0.5) is 18.0 Å². The molecule has 4 nitrogen and oxygen atoms in total. The van der Waals surface area contributed by atoms with Gasteiger partial charge in [0.05, 0.1) is 11.6 Å². The first kappa shape index (κ1) is 20.3. The Bertz CT molecular complexity index is 516. The predicted molar refractivity (Wildman–Crippen MR) is 86.5 cm³/mol. The molecule has 0 bridgehead atoms. The highest BCUT2D eigenvalue weighted by molar-refractivity contribution is 5.74. The smallest absolute Gasteiger partial charge is 0.396 e. The number of rotatable bonds is 7. The second-order valence-corrected chi connectivity index (χ2v) is 6.23. The molecule has 2 unspecified atom stereocenters. The van der Waals surface area contributed by atoms with Crippen LogP contribution in [0, 0.1) is 5.92 Å². The molecule has 0 aliphatic heterocycles. The van der Waals surface area contributed by atoms with E-state index in [-0.39, 0.29) is 24.6 Å². The van der Waals surface area contributed by atoms with Crippen LogP contribution in [0.15, 0.2) is 24.3 Å². The summed E-state index contributed by atoms with van der Waals surface area (Å²) in [5.74, 6) is 0.0141. The van der Waals surface area contributed by atoms with Crippen molar-refractivity contribution in [2.45, 2.75) is 51.9 Å². The molecule has 0 spiro atoms. The monoisotopic (exact) mass is 346 g/mol. The summed E-state index contributed by atoms with van der Waals surface area (Å²) in [7, 11) is 0. The van der Waals surface area contributed by atoms with Crippen molar-refractivity contribution < 1.29 is 23.1 Å². The van der Waals surface area contributed by atoms with E-state index in [4.69, 9.17) is 5.11 Å². The molecule has 0 fully saturated rings. The molecule has 1 rings (SSSR count). The van der Waals surface area contributed by atoms with Gasteiger partial charge in [0.25, 0.3) is 0 Å². The molecule has 1 aromatic rings. The van der Waals surface area contributed by atoms with E-state index in [0.29, 0.717) is 18.4 Å². The van der Waals surface area contributed by atoms with Crippen molar-refractivity contribution in [2.24, 2.45) is 5.92 Å². The minimum atomic E-state index is -4.38. The average molecular weight is 346 g/mol. The predicted octanol–water partition coefficient (Wildman–Crippen LogP) is 3.86. The van der Waals surface area contributed by atoms with Gasteiger partial charge in [-0.3, -0.25) is 0 Å². The molecule has 7 heteroatoms. The number of halogens is 3. The molecule has 136 valence electrons. The highest BCUT2D eigenvalue weighted by atomic mass is 19.4. The highest BCUT2D eigenvalue weighted by Crippen LogP contribution is 2.31. The van der Waals surface area contributed by atoms with Gasteiger partial charge < -0.3 is 15.7 Å². The number of carbonyl (C=O) groups excluding carboxylic acids is 1. The average Bonchev–Trinajstić information content (AvgIpc) is 2.49. The van der Waals surface area contributed by atoms with Crippen LogP contribution >= 0.6 is 0 Å². The topological polar surface area (TPSA) is 61.4 Å². The molecule has 0 aromatic heterocycles. The molecular formula is C17H25F3N2O2. The Morgan fingerprint density at radius 1 is 1.12 bits per heavy atom. The van der Waals surface area contributed by atoms with Gasteiger partial charge in [0.1, 0.15) is 0 Å². The van der Waals surface area contributed by atoms with Crippen LogP contribution in [-0.2, 0) is 6.18 Å². The zero-order valence-corrected chi connectivity index (χ0v) is 14.2. The third-order valence-electron chi connectivity index (χ3n) is 3.72. The zero-order chi connectivity index (χ0) is 18.3. The lowest BCUT2D eigenvalue weighted by Crippen LogP contribution is -2.43. The molecule has 0 radical (unpaired) electrons. The summed E-state index contributed by atoms with van der Waals surface area (Å²) in [6.07, 6.45) is -3.14. The summed E-state index contributed by atoms with van der Waals surface area (Å²) in [5.41, 5.74) is -0.0907. The molecule has 0 saturated carbocycles. The van der Waals surface area contributed by atoms with E-state index in [1.54, 1.807) is 0 Å². The molecule has 0 aliphatic rings. The van der Waals surface area contributed by atoms with Crippen LogP contribution in [0.3, 0.4) is 0 Å². The van der Waals surface area contributed by atoms with Gasteiger partial charge in [0.15, 0.2) is 0 Å². The first-order valence-electron chi connectivity index (χ1n) is 8.00. The van der Waals surface area contributed by atoms with E-state index >= 15 is 0 Å². The van der Waals surface area contributed by atoms with Gasteiger partial charge in [-0.2, -0.15) is 13.2 Å². The van der Waals surface area contributed by atoms with Crippen molar-refractivity contribution in [3.05, 3.63) is 35.4 Å². The summed E-state index contributed by atoms with van der Waals surface area (Å²) < 4.78 is 37.9. The van der Waals surface area contributed by atoms with E-state index < -0.39 is 17.8 Å². The van der Waals surface area contributed by atoms with Crippen molar-refractivity contribution in [2.75, 3.05) is 6.61 Å². The van der Waals surface area contributed by atoms with Crippen molar-refractivity contribution in [3.63, 3.8) is 0 Å². The second kappa shape index (κ2) is 8.92. The lowest BCUT2D eigenvalue weighted by atomic mass is 9.95. The van der Waals surface area contributed by atoms with Gasteiger partial charge in [0.2, 0.25) is 0 Å². The van der Waals surface area contributed by atoms with Gasteiger partial charge in [-0.1, -0.05) is 26.0 Å². The summed E-state index contributed by atoms with van der Waals surface area (Å²) in [4.78, 5) is 12.1. The first-order valence-corrected chi connectivity index (χ1v) is 8.00. The Balaban J connectivity index is 2.75. The van der Waals surface area contributed by atoms with Crippen molar-refractivity contribution >= 4 is 6.03 Å². The van der Waals surface area contributed by atoms with E-state index in [1.165, 1.54) is 12.1 Å². The molecule has 2 atom stereocenters. The number of aliphatic hydroxyl groups is 1. The van der Waals surface area contributed by atoms with E-state index in [2.05, 4.69) is 10.6 Å². The quantitative estimate of drug-likeness (QED) is 0.702. The number of alkyl halides is 3. The van der Waals surface area contributed by atoms with Gasteiger partial charge in [-0.05, 0) is 43.4 Å². The lowest BCUT2D eigenvalue weighted by Gasteiger charge is -2.25. The fourth-order valence-electron chi connectivity index (χ4n) is 2.39. The normalized spacial score (nSPS) is 14.3. The summed E-state index contributed by atoms with van der Waals surface area (Å²) in [5, 5.41) is 14.4. The fraction of sp³-hybridized carbons (Fsp3) is 0.588. The minimum Gasteiger partial charge on any atom is -0.396 e. The van der Waals surface area contributed by atoms with Gasteiger partial charge in [-0.15, -0.1) is 0 Å². The minimum absolute atomic E-state index is 0.0141. The lowest BCUT2D eigenvalue weighted by molar-refractivity contribution is -0.137. The maximum Gasteiger partial charge on any atom is 0.416 e. The Kier molecular flexibility index (Phi) is 7.54. The van der Waals surface area contributed by atoms with Crippen LogP contribution < -0.4 is 10.6 Å². The van der Waals surface area contributed by atoms with Crippen LogP contribution in [-0.4, -0.2) is 23.8 Å². The number of urea groups is 1. The molecule has 2 amide bonds. The number of nitrogens with one attached hydrogen (secondary N) is 2. The van der Waals surface area contributed by atoms with Gasteiger partial charge in [-0.25, -0.2) is 4.79 Å². The Morgan fingerprint density at radius 3 is 2.17 bits per heavy atom. The van der Waals surface area contributed by atoms with Crippen LogP contribution in [0.1, 0.15) is 50.8 Å². The number of benzene rings is 1. The third kappa shape index (κ3) is 6.39. The number of hydrogen-bond acceptors (Lipinski definition) is 2. The molecule has 0 heterocycles. The summed E-state index contributed by atoms with van der Waals surface area (Å²) in [6, 6.07) is 3.96. The summed E-state index contributed by atoms with van der Waals surface area (Å²) in [6.45, 7) is 5.67. The first-order chi connectivity index (χ1) is 11.1. The Labute approximate surface area is 140 Å². The maximum atomic E-state index is 12.6. The van der Waals surface area contributed by atoms with Crippen molar-refractivity contribution in [3.8, 4) is 0 Å².